The molecule has 0 N–H and O–H groups in total. The average molecular weight is 350 g/mol. The lowest BCUT2D eigenvalue weighted by atomic mass is 10.3. The second-order valence-corrected chi connectivity index (χ2v) is 7.21. The summed E-state index contributed by atoms with van der Waals surface area (Å²) in [6, 6.07) is 20.2. The van der Waals surface area contributed by atoms with E-state index >= 15 is 0 Å². The van der Waals surface area contributed by atoms with Crippen molar-refractivity contribution in [1.82, 2.24) is 9.97 Å². The number of ether oxygens (including phenoxy) is 1. The molecule has 0 unspecified atom stereocenters. The third-order valence-corrected chi connectivity index (χ3v) is 5.67. The van der Waals surface area contributed by atoms with Crippen molar-refractivity contribution < 1.29 is 4.74 Å². The van der Waals surface area contributed by atoms with Crippen LogP contribution in [0.25, 0.3) is 20.8 Å². The SMILES string of the molecule is COc1ccc(Sc2ncccc2-c2nc3ccccc3s2)cc1. The maximum absolute atomic E-state index is 5.21. The van der Waals surface area contributed by atoms with Crippen LogP contribution in [-0.2, 0) is 0 Å². The molecule has 118 valence electrons. The summed E-state index contributed by atoms with van der Waals surface area (Å²) < 4.78 is 6.40. The van der Waals surface area contributed by atoms with Crippen molar-refractivity contribution in [2.45, 2.75) is 9.92 Å². The average Bonchev–Trinajstić information content (AvgIpc) is 3.07. The predicted octanol–water partition coefficient (Wildman–Crippen LogP) is 5.52. The molecular weight excluding hydrogens is 336 g/mol. The molecule has 0 amide bonds. The fraction of sp³-hybridized carbons (Fsp3) is 0.0526. The summed E-state index contributed by atoms with van der Waals surface area (Å²) in [5, 5.41) is 1.96. The van der Waals surface area contributed by atoms with Gasteiger partial charge in [0.15, 0.2) is 0 Å². The molecule has 0 spiro atoms. The second-order valence-electron chi connectivity index (χ2n) is 5.12. The summed E-state index contributed by atoms with van der Waals surface area (Å²) in [5.74, 6) is 0.853. The van der Waals surface area contributed by atoms with Crippen molar-refractivity contribution >= 4 is 33.3 Å². The van der Waals surface area contributed by atoms with Gasteiger partial charge >= 0.3 is 0 Å². The molecule has 5 heteroatoms. The number of benzene rings is 2. The molecule has 0 fully saturated rings. The van der Waals surface area contributed by atoms with E-state index in [9.17, 15) is 0 Å². The summed E-state index contributed by atoms with van der Waals surface area (Å²) in [5.41, 5.74) is 2.10. The maximum Gasteiger partial charge on any atom is 0.127 e. The molecule has 0 aliphatic rings. The van der Waals surface area contributed by atoms with Gasteiger partial charge in [0.1, 0.15) is 15.8 Å². The fourth-order valence-electron chi connectivity index (χ4n) is 2.38. The Bertz CT molecular complexity index is 947. The Morgan fingerprint density at radius 1 is 0.958 bits per heavy atom. The first kappa shape index (κ1) is 15.2. The number of hydrogen-bond donors (Lipinski definition) is 0. The van der Waals surface area contributed by atoms with Gasteiger partial charge in [-0.2, -0.15) is 0 Å². The Hall–Kier alpha value is -2.37. The summed E-state index contributed by atoms with van der Waals surface area (Å²) in [6.07, 6.45) is 1.82. The molecule has 4 aromatic rings. The summed E-state index contributed by atoms with van der Waals surface area (Å²) >= 11 is 3.33. The van der Waals surface area contributed by atoms with E-state index in [-0.39, 0.29) is 0 Å². The van der Waals surface area contributed by atoms with Gasteiger partial charge in [-0.3, -0.25) is 0 Å². The quantitative estimate of drug-likeness (QED) is 0.485. The van der Waals surface area contributed by atoms with E-state index in [1.54, 1.807) is 30.2 Å². The van der Waals surface area contributed by atoms with Gasteiger partial charge in [-0.1, -0.05) is 23.9 Å². The van der Waals surface area contributed by atoms with Gasteiger partial charge in [-0.05, 0) is 48.5 Å². The van der Waals surface area contributed by atoms with Crippen LogP contribution in [0.3, 0.4) is 0 Å². The molecule has 0 aliphatic heterocycles. The number of nitrogens with zero attached hydrogens (tertiary/aromatic N) is 2. The van der Waals surface area contributed by atoms with Crippen LogP contribution in [0.5, 0.6) is 5.75 Å². The molecule has 0 radical (unpaired) electrons. The minimum atomic E-state index is 0.853. The lowest BCUT2D eigenvalue weighted by molar-refractivity contribution is 0.414. The smallest absolute Gasteiger partial charge is 0.127 e. The lowest BCUT2D eigenvalue weighted by Crippen LogP contribution is -1.86. The number of methoxy groups -OCH3 is 1. The van der Waals surface area contributed by atoms with Crippen molar-refractivity contribution in [2.24, 2.45) is 0 Å². The van der Waals surface area contributed by atoms with Gasteiger partial charge in [0.05, 0.1) is 17.3 Å². The second kappa shape index (κ2) is 6.63. The first-order chi connectivity index (χ1) is 11.8. The Morgan fingerprint density at radius 3 is 2.58 bits per heavy atom. The van der Waals surface area contributed by atoms with E-state index in [1.807, 2.05) is 54.7 Å². The van der Waals surface area contributed by atoms with Crippen LogP contribution < -0.4 is 4.74 Å². The highest BCUT2D eigenvalue weighted by molar-refractivity contribution is 7.99. The lowest BCUT2D eigenvalue weighted by Gasteiger charge is -2.06. The Kier molecular flexibility index (Phi) is 4.19. The van der Waals surface area contributed by atoms with Crippen LogP contribution in [-0.4, -0.2) is 17.1 Å². The monoisotopic (exact) mass is 350 g/mol. The topological polar surface area (TPSA) is 35.0 Å². The highest BCUT2D eigenvalue weighted by Gasteiger charge is 2.12. The van der Waals surface area contributed by atoms with E-state index in [0.717, 1.165) is 31.8 Å². The number of thiazole rings is 1. The number of aromatic nitrogens is 2. The van der Waals surface area contributed by atoms with Gasteiger partial charge < -0.3 is 4.74 Å². The van der Waals surface area contributed by atoms with Crippen molar-refractivity contribution in [3.8, 4) is 16.3 Å². The first-order valence-corrected chi connectivity index (χ1v) is 9.09. The van der Waals surface area contributed by atoms with E-state index in [2.05, 4.69) is 17.1 Å². The van der Waals surface area contributed by atoms with Crippen molar-refractivity contribution in [3.63, 3.8) is 0 Å². The third kappa shape index (κ3) is 3.00. The molecule has 0 aliphatic carbocycles. The number of para-hydroxylation sites is 1. The summed E-state index contributed by atoms with van der Waals surface area (Å²) in [6.45, 7) is 0. The Morgan fingerprint density at radius 2 is 1.79 bits per heavy atom. The van der Waals surface area contributed by atoms with Gasteiger partial charge in [0.25, 0.3) is 0 Å². The zero-order valence-electron chi connectivity index (χ0n) is 13.0. The van der Waals surface area contributed by atoms with Gasteiger partial charge in [0.2, 0.25) is 0 Å². The standard InChI is InChI=1S/C19H14N2OS2/c1-22-13-8-10-14(11-9-13)23-18-15(5-4-12-20-18)19-21-16-6-2-3-7-17(16)24-19/h2-12H,1H3. The molecule has 0 saturated heterocycles. The van der Waals surface area contributed by atoms with E-state index in [0.29, 0.717) is 0 Å². The molecule has 2 aromatic carbocycles. The predicted molar refractivity (Wildman–Crippen MR) is 100.0 cm³/mol. The number of pyridine rings is 1. The first-order valence-electron chi connectivity index (χ1n) is 7.46. The zero-order valence-corrected chi connectivity index (χ0v) is 14.6. The van der Waals surface area contributed by atoms with Crippen molar-refractivity contribution in [3.05, 3.63) is 66.9 Å². The summed E-state index contributed by atoms with van der Waals surface area (Å²) in [4.78, 5) is 10.4. The van der Waals surface area contributed by atoms with Gasteiger partial charge in [-0.25, -0.2) is 9.97 Å². The molecule has 0 bridgehead atoms. The van der Waals surface area contributed by atoms with E-state index < -0.39 is 0 Å². The van der Waals surface area contributed by atoms with Crippen LogP contribution in [0.1, 0.15) is 0 Å². The molecule has 4 rings (SSSR count). The molecule has 0 saturated carbocycles. The van der Waals surface area contributed by atoms with Crippen LogP contribution in [0.4, 0.5) is 0 Å². The Balaban J connectivity index is 1.71. The minimum absolute atomic E-state index is 0.853. The summed E-state index contributed by atoms with van der Waals surface area (Å²) in [7, 11) is 1.67. The third-order valence-electron chi connectivity index (χ3n) is 3.57. The van der Waals surface area contributed by atoms with Crippen molar-refractivity contribution in [2.75, 3.05) is 7.11 Å². The van der Waals surface area contributed by atoms with Crippen LogP contribution in [0.2, 0.25) is 0 Å². The fourth-order valence-corrected chi connectivity index (χ4v) is 4.32. The highest BCUT2D eigenvalue weighted by atomic mass is 32.2. The maximum atomic E-state index is 5.21. The van der Waals surface area contributed by atoms with E-state index in [1.165, 1.54) is 4.70 Å². The normalized spacial score (nSPS) is 10.9. The van der Waals surface area contributed by atoms with Gasteiger partial charge in [0, 0.05) is 16.7 Å². The molecule has 2 heterocycles. The molecule has 0 atom stereocenters. The van der Waals surface area contributed by atoms with Crippen LogP contribution in [0, 0.1) is 0 Å². The Labute approximate surface area is 148 Å². The number of rotatable bonds is 4. The molecule has 3 nitrogen and oxygen atoms in total. The minimum Gasteiger partial charge on any atom is -0.497 e. The van der Waals surface area contributed by atoms with Crippen LogP contribution >= 0.6 is 23.1 Å². The molecular formula is C19H14N2OS2. The largest absolute Gasteiger partial charge is 0.497 e. The van der Waals surface area contributed by atoms with Gasteiger partial charge in [-0.15, -0.1) is 11.3 Å². The van der Waals surface area contributed by atoms with Crippen molar-refractivity contribution in [1.29, 1.82) is 0 Å². The highest BCUT2D eigenvalue weighted by Crippen LogP contribution is 2.37. The number of hydrogen-bond acceptors (Lipinski definition) is 5. The molecule has 2 aromatic heterocycles. The van der Waals surface area contributed by atoms with E-state index in [4.69, 9.17) is 9.72 Å². The number of fused-ring (bicyclic) bond motifs is 1. The molecule has 24 heavy (non-hydrogen) atoms. The van der Waals surface area contributed by atoms with Crippen LogP contribution in [0.15, 0.2) is 76.8 Å². The zero-order chi connectivity index (χ0) is 16.4.